The van der Waals surface area contributed by atoms with Crippen LogP contribution in [0.15, 0.2) is 109 Å². The fourth-order valence-corrected chi connectivity index (χ4v) is 10.9. The number of carbonyl (C=O) groups is 4. The van der Waals surface area contributed by atoms with Crippen molar-refractivity contribution in [2.24, 2.45) is 0 Å². The molecule has 286 valence electrons. The number of likely N-dealkylation sites (N-methyl/N-ethyl adjacent to an activating group) is 2. The number of benzene rings is 4. The molecule has 0 bridgehead atoms. The Morgan fingerprint density at radius 1 is 0.536 bits per heavy atom. The third kappa shape index (κ3) is 4.72. The number of hydrogen-bond acceptors (Lipinski definition) is 8. The molecule has 0 saturated carbocycles. The van der Waals surface area contributed by atoms with Crippen LogP contribution in [0.3, 0.4) is 0 Å². The molecule has 4 aromatic carbocycles. The molecule has 56 heavy (non-hydrogen) atoms. The van der Waals surface area contributed by atoms with Gasteiger partial charge in [0.15, 0.2) is 0 Å². The quantitative estimate of drug-likeness (QED) is 0.266. The van der Waals surface area contributed by atoms with Crippen LogP contribution in [-0.4, -0.2) is 107 Å². The van der Waals surface area contributed by atoms with Gasteiger partial charge in [0.1, 0.15) is 36.5 Å². The van der Waals surface area contributed by atoms with Gasteiger partial charge in [-0.25, -0.2) is 0 Å². The highest BCUT2D eigenvalue weighted by Gasteiger charge is 2.78. The molecule has 0 aromatic heterocycles. The number of anilines is 2. The number of hydrogen-bond donors (Lipinski definition) is 2. The minimum absolute atomic E-state index is 0.0446. The Labute approximate surface area is 325 Å². The lowest BCUT2D eigenvalue weighted by Crippen LogP contribution is -2.67. The maximum atomic E-state index is 14.9. The van der Waals surface area contributed by atoms with E-state index in [1.807, 2.05) is 97.1 Å². The normalized spacial score (nSPS) is 31.0. The molecule has 4 saturated heterocycles. The van der Waals surface area contributed by atoms with Gasteiger partial charge in [-0.2, -0.15) is 0 Å². The molecule has 8 unspecified atom stereocenters. The largest absolute Gasteiger partial charge is 0.374 e. The standard InChI is InChI=1S/C44H44N6O6/c1-47-35(25-55-23-27-13-5-3-6-14-27)39(53)49-33(37(47)51)21-43(29-17-9-11-19-31(29)45-41(43)49)44-22-34-38(52)48(2)36(26-56-24-28-15-7-4-8-16-28)40(54)50(34)42(44)46-32-20-12-10-18-30(32)44/h3-20,33-36,41-42,45-46H,21-26H2,1-2H3. The lowest BCUT2D eigenvalue weighted by molar-refractivity contribution is -0.162. The molecule has 6 heterocycles. The van der Waals surface area contributed by atoms with Crippen LogP contribution in [0.1, 0.15) is 35.1 Å². The van der Waals surface area contributed by atoms with Crippen molar-refractivity contribution in [3.05, 3.63) is 131 Å². The zero-order valence-corrected chi connectivity index (χ0v) is 31.3. The van der Waals surface area contributed by atoms with Crippen molar-refractivity contribution in [2.75, 3.05) is 37.9 Å². The van der Waals surface area contributed by atoms with Gasteiger partial charge in [-0.1, -0.05) is 97.1 Å². The van der Waals surface area contributed by atoms with Crippen molar-refractivity contribution in [3.63, 3.8) is 0 Å². The van der Waals surface area contributed by atoms with Gasteiger partial charge in [0.25, 0.3) is 0 Å². The average molecular weight is 753 g/mol. The van der Waals surface area contributed by atoms with E-state index >= 15 is 0 Å². The smallest absolute Gasteiger partial charge is 0.250 e. The summed E-state index contributed by atoms with van der Waals surface area (Å²) in [5.41, 5.74) is 3.81. The highest BCUT2D eigenvalue weighted by atomic mass is 16.5. The summed E-state index contributed by atoms with van der Waals surface area (Å²) in [7, 11) is 3.37. The van der Waals surface area contributed by atoms with Crippen molar-refractivity contribution >= 4 is 35.0 Å². The lowest BCUT2D eigenvalue weighted by atomic mass is 9.54. The van der Waals surface area contributed by atoms with Crippen molar-refractivity contribution in [1.29, 1.82) is 0 Å². The first-order valence-corrected chi connectivity index (χ1v) is 19.4. The molecule has 0 aliphatic carbocycles. The minimum Gasteiger partial charge on any atom is -0.374 e. The third-order valence-corrected chi connectivity index (χ3v) is 13.4. The van der Waals surface area contributed by atoms with Crippen LogP contribution < -0.4 is 10.6 Å². The fourth-order valence-electron chi connectivity index (χ4n) is 10.9. The van der Waals surface area contributed by atoms with Gasteiger partial charge >= 0.3 is 0 Å². The monoisotopic (exact) mass is 752 g/mol. The summed E-state index contributed by atoms with van der Waals surface area (Å²) in [6.07, 6.45) is -0.667. The number of rotatable bonds is 9. The first-order valence-electron chi connectivity index (χ1n) is 19.4. The van der Waals surface area contributed by atoms with Gasteiger partial charge in [-0.15, -0.1) is 0 Å². The van der Waals surface area contributed by atoms with E-state index < -0.39 is 47.3 Å². The second-order valence-corrected chi connectivity index (χ2v) is 16.0. The van der Waals surface area contributed by atoms with E-state index in [1.54, 1.807) is 33.7 Å². The molecule has 4 amide bonds. The SMILES string of the molecule is CN1C(=O)C2CC3(C45CC6C(=O)N(C)C(COCc7ccccc7)C(=O)N6C4Nc4ccccc45)c4ccccc4NC3N2C(=O)C1COCc1ccccc1. The van der Waals surface area contributed by atoms with Gasteiger partial charge in [0.05, 0.1) is 37.3 Å². The summed E-state index contributed by atoms with van der Waals surface area (Å²) in [6.45, 7) is 0.713. The Morgan fingerprint density at radius 3 is 1.32 bits per heavy atom. The van der Waals surface area contributed by atoms with Gasteiger partial charge in [-0.05, 0) is 47.2 Å². The second kappa shape index (κ2) is 12.9. The predicted octanol–water partition coefficient (Wildman–Crippen LogP) is 3.68. The summed E-state index contributed by atoms with van der Waals surface area (Å²) in [6, 6.07) is 32.4. The molecule has 12 nitrogen and oxygen atoms in total. The number of nitrogens with zero attached hydrogens (tertiary/aromatic N) is 4. The Hall–Kier alpha value is -5.72. The van der Waals surface area contributed by atoms with Crippen LogP contribution in [-0.2, 0) is 52.7 Å². The molecule has 0 radical (unpaired) electrons. The van der Waals surface area contributed by atoms with Gasteiger partial charge in [-0.3, -0.25) is 19.2 Å². The Bertz CT molecular complexity index is 2080. The summed E-state index contributed by atoms with van der Waals surface area (Å²) >= 11 is 0. The van der Waals surface area contributed by atoms with Crippen LogP contribution in [0.5, 0.6) is 0 Å². The molecule has 12 heteroatoms. The number of piperazine rings is 2. The molecule has 6 aliphatic rings. The zero-order chi connectivity index (χ0) is 38.3. The topological polar surface area (TPSA) is 124 Å². The minimum atomic E-state index is -0.916. The summed E-state index contributed by atoms with van der Waals surface area (Å²) in [5, 5.41) is 7.46. The van der Waals surface area contributed by atoms with Crippen molar-refractivity contribution in [2.45, 2.75) is 73.4 Å². The first-order chi connectivity index (χ1) is 27.3. The number of nitrogens with one attached hydrogen (secondary N) is 2. The molecular formula is C44H44N6O6. The number of ether oxygens (including phenoxy) is 2. The van der Waals surface area contributed by atoms with Gasteiger partial charge < -0.3 is 39.7 Å². The number of para-hydroxylation sites is 2. The Morgan fingerprint density at radius 2 is 0.911 bits per heavy atom. The van der Waals surface area contributed by atoms with E-state index in [1.165, 1.54) is 0 Å². The lowest BCUT2D eigenvalue weighted by Gasteiger charge is -2.48. The molecule has 4 aromatic rings. The zero-order valence-electron chi connectivity index (χ0n) is 31.3. The second-order valence-electron chi connectivity index (χ2n) is 16.0. The number of amides is 4. The van der Waals surface area contributed by atoms with E-state index in [2.05, 4.69) is 22.8 Å². The predicted molar refractivity (Wildman–Crippen MR) is 207 cm³/mol. The van der Waals surface area contributed by atoms with Crippen LogP contribution in [0.25, 0.3) is 0 Å². The third-order valence-electron chi connectivity index (χ3n) is 13.4. The van der Waals surface area contributed by atoms with E-state index in [4.69, 9.17) is 9.47 Å². The van der Waals surface area contributed by atoms with Crippen LogP contribution in [0, 0.1) is 0 Å². The Kier molecular flexibility index (Phi) is 8.02. The van der Waals surface area contributed by atoms with E-state index in [0.29, 0.717) is 26.1 Å². The highest BCUT2D eigenvalue weighted by Crippen LogP contribution is 2.69. The van der Waals surface area contributed by atoms with E-state index in [0.717, 1.165) is 33.6 Å². The highest BCUT2D eigenvalue weighted by molar-refractivity contribution is 6.01. The van der Waals surface area contributed by atoms with Gasteiger partial charge in [0, 0.05) is 25.5 Å². The molecule has 2 N–H and O–H groups in total. The van der Waals surface area contributed by atoms with E-state index in [9.17, 15) is 19.2 Å². The maximum absolute atomic E-state index is 14.9. The van der Waals surface area contributed by atoms with E-state index in [-0.39, 0.29) is 36.8 Å². The first kappa shape index (κ1) is 34.7. The fraction of sp³-hybridized carbons (Fsp3) is 0.364. The van der Waals surface area contributed by atoms with Crippen molar-refractivity contribution in [1.82, 2.24) is 19.6 Å². The average Bonchev–Trinajstić information content (AvgIpc) is 3.94. The molecule has 10 rings (SSSR count). The maximum Gasteiger partial charge on any atom is 0.250 e. The molecule has 0 spiro atoms. The van der Waals surface area contributed by atoms with Crippen molar-refractivity contribution < 1.29 is 28.7 Å². The Balaban J connectivity index is 1.05. The summed E-state index contributed by atoms with van der Waals surface area (Å²) < 4.78 is 12.2. The summed E-state index contributed by atoms with van der Waals surface area (Å²) in [5.74, 6) is -0.696. The van der Waals surface area contributed by atoms with Crippen LogP contribution in [0.4, 0.5) is 11.4 Å². The van der Waals surface area contributed by atoms with Crippen LogP contribution in [0.2, 0.25) is 0 Å². The van der Waals surface area contributed by atoms with Crippen LogP contribution >= 0.6 is 0 Å². The number of fused-ring (bicyclic) bond motifs is 11. The molecule has 4 fully saturated rings. The molecular weight excluding hydrogens is 709 g/mol. The molecule has 8 atom stereocenters. The van der Waals surface area contributed by atoms with Gasteiger partial charge in [0.2, 0.25) is 23.6 Å². The van der Waals surface area contributed by atoms with Crippen molar-refractivity contribution in [3.8, 4) is 0 Å². The molecule has 6 aliphatic heterocycles. The summed E-state index contributed by atoms with van der Waals surface area (Å²) in [4.78, 5) is 65.5. The number of carbonyl (C=O) groups excluding carboxylic acids is 4.